The van der Waals surface area contributed by atoms with Crippen LogP contribution in [0.2, 0.25) is 10.0 Å². The summed E-state index contributed by atoms with van der Waals surface area (Å²) in [4.78, 5) is 4.43. The van der Waals surface area contributed by atoms with Crippen LogP contribution in [0.15, 0.2) is 46.4 Å². The van der Waals surface area contributed by atoms with Crippen molar-refractivity contribution < 1.29 is 0 Å². The lowest BCUT2D eigenvalue weighted by atomic mass is 10.3. The molecule has 0 N–H and O–H groups in total. The minimum absolute atomic E-state index is 0.466. The van der Waals surface area contributed by atoms with Crippen molar-refractivity contribution in [3.63, 3.8) is 0 Å². The standard InChI is InChI=1S/C13H13Cl4NS2/c1-8(14)6-20(7-9(2)15)13(19)18-12-4-3-10(16)5-11(12)17/h3-5,20H,1-2,6-7H2,(H,18,19). The molecule has 20 heavy (non-hydrogen) atoms. The maximum atomic E-state index is 6.08. The molecule has 1 aromatic carbocycles. The van der Waals surface area contributed by atoms with Gasteiger partial charge < -0.3 is 0 Å². The molecule has 0 aliphatic heterocycles. The first-order valence-corrected chi connectivity index (χ1v) is 9.11. The molecule has 0 spiro atoms. The van der Waals surface area contributed by atoms with E-state index in [4.69, 9.17) is 46.4 Å². The highest BCUT2D eigenvalue weighted by molar-refractivity contribution is 8.43. The molecule has 0 amide bonds. The van der Waals surface area contributed by atoms with E-state index in [0.717, 1.165) is 0 Å². The normalized spacial score (nSPS) is 12.2. The summed E-state index contributed by atoms with van der Waals surface area (Å²) in [6.07, 6.45) is 0. The van der Waals surface area contributed by atoms with Gasteiger partial charge in [-0.05, 0) is 18.2 Å². The summed E-state index contributed by atoms with van der Waals surface area (Å²) in [6, 6.07) is 5.09. The summed E-state index contributed by atoms with van der Waals surface area (Å²) >= 11 is 28.1. The molecule has 0 saturated carbocycles. The van der Waals surface area contributed by atoms with E-state index in [-0.39, 0.29) is 0 Å². The number of benzene rings is 1. The Hall–Kier alpha value is 0.230. The van der Waals surface area contributed by atoms with E-state index < -0.39 is 10.9 Å². The molecule has 0 bridgehead atoms. The van der Waals surface area contributed by atoms with Crippen molar-refractivity contribution in [2.45, 2.75) is 0 Å². The van der Waals surface area contributed by atoms with Crippen molar-refractivity contribution in [1.82, 2.24) is 0 Å². The van der Waals surface area contributed by atoms with Crippen LogP contribution in [-0.2, 0) is 0 Å². The minimum atomic E-state index is -0.785. The fourth-order valence-corrected chi connectivity index (χ4v) is 4.68. The van der Waals surface area contributed by atoms with E-state index in [9.17, 15) is 0 Å². The molecule has 1 aromatic rings. The molecule has 1 nitrogen and oxygen atoms in total. The van der Waals surface area contributed by atoms with Crippen LogP contribution >= 0.6 is 69.9 Å². The highest BCUT2D eigenvalue weighted by Crippen LogP contribution is 2.38. The highest BCUT2D eigenvalue weighted by Gasteiger charge is 2.12. The van der Waals surface area contributed by atoms with Crippen LogP contribution in [0.3, 0.4) is 0 Å². The number of aliphatic imine (C=N–C) groups is 1. The van der Waals surface area contributed by atoms with Crippen LogP contribution in [0.5, 0.6) is 0 Å². The Morgan fingerprint density at radius 1 is 1.15 bits per heavy atom. The summed E-state index contributed by atoms with van der Waals surface area (Å²) < 4.78 is 0.632. The predicted molar refractivity (Wildman–Crippen MR) is 101 cm³/mol. The van der Waals surface area contributed by atoms with Crippen molar-refractivity contribution in [1.29, 1.82) is 0 Å². The predicted octanol–water partition coefficient (Wildman–Crippen LogP) is 6.42. The SMILES string of the molecule is C=C(Cl)C[SH](CC(=C)Cl)C(S)=Nc1ccc(Cl)cc1Cl. The van der Waals surface area contributed by atoms with Crippen LogP contribution in [0, 0.1) is 0 Å². The first-order valence-electron chi connectivity index (χ1n) is 5.44. The summed E-state index contributed by atoms with van der Waals surface area (Å²) in [5.74, 6) is 1.16. The lowest BCUT2D eigenvalue weighted by molar-refractivity contribution is 1.54. The molecule has 0 aromatic heterocycles. The zero-order valence-corrected chi connectivity index (χ0v) is 15.2. The third kappa shape index (κ3) is 6.33. The molecule has 0 saturated heterocycles. The molecule has 0 aliphatic rings. The zero-order chi connectivity index (χ0) is 15.3. The topological polar surface area (TPSA) is 12.4 Å². The van der Waals surface area contributed by atoms with Crippen LogP contribution in [0.1, 0.15) is 0 Å². The summed E-state index contributed by atoms with van der Waals surface area (Å²) in [5.41, 5.74) is 0.605. The van der Waals surface area contributed by atoms with E-state index in [1.165, 1.54) is 0 Å². The molecule has 110 valence electrons. The van der Waals surface area contributed by atoms with Gasteiger partial charge in [-0.3, -0.25) is 0 Å². The van der Waals surface area contributed by atoms with Gasteiger partial charge in [-0.2, -0.15) is 10.9 Å². The maximum Gasteiger partial charge on any atom is 0.108 e. The Labute approximate surface area is 147 Å². The Balaban J connectivity index is 3.02. The molecule has 0 aliphatic carbocycles. The average Bonchev–Trinajstić information content (AvgIpc) is 2.30. The van der Waals surface area contributed by atoms with E-state index >= 15 is 0 Å². The van der Waals surface area contributed by atoms with Gasteiger partial charge in [0.1, 0.15) is 4.38 Å². The Kier molecular flexibility index (Phi) is 7.88. The van der Waals surface area contributed by atoms with Crippen LogP contribution < -0.4 is 0 Å². The molecule has 0 fully saturated rings. The number of hydrogen-bond acceptors (Lipinski definition) is 1. The number of rotatable bonds is 5. The molecule has 0 heterocycles. The lowest BCUT2D eigenvalue weighted by Crippen LogP contribution is -2.01. The van der Waals surface area contributed by atoms with Crippen molar-refractivity contribution in [3.05, 3.63) is 51.5 Å². The van der Waals surface area contributed by atoms with Gasteiger partial charge in [-0.15, -0.1) is 12.6 Å². The molecular formula is C13H13Cl4NS2. The van der Waals surface area contributed by atoms with Crippen molar-refractivity contribution in [3.8, 4) is 0 Å². The van der Waals surface area contributed by atoms with E-state index in [1.54, 1.807) is 18.2 Å². The number of thiol groups is 2. The van der Waals surface area contributed by atoms with Crippen molar-refractivity contribution in [2.75, 3.05) is 11.5 Å². The second kappa shape index (κ2) is 8.62. The van der Waals surface area contributed by atoms with E-state index in [0.29, 0.717) is 41.7 Å². The van der Waals surface area contributed by atoms with Crippen molar-refractivity contribution >= 4 is 80.0 Å². The van der Waals surface area contributed by atoms with Gasteiger partial charge in [0, 0.05) is 26.6 Å². The van der Waals surface area contributed by atoms with Crippen LogP contribution in [0.25, 0.3) is 0 Å². The van der Waals surface area contributed by atoms with Gasteiger partial charge in [0.25, 0.3) is 0 Å². The minimum Gasteiger partial charge on any atom is -0.236 e. The Morgan fingerprint density at radius 3 is 2.15 bits per heavy atom. The first-order chi connectivity index (χ1) is 9.29. The fourth-order valence-electron chi connectivity index (χ4n) is 1.36. The van der Waals surface area contributed by atoms with E-state index in [1.807, 2.05) is 0 Å². The van der Waals surface area contributed by atoms with Gasteiger partial charge in [-0.25, -0.2) is 4.99 Å². The molecule has 0 radical (unpaired) electrons. The summed E-state index contributed by atoms with van der Waals surface area (Å²) in [7, 11) is -0.785. The van der Waals surface area contributed by atoms with Gasteiger partial charge >= 0.3 is 0 Å². The molecule has 1 rings (SSSR count). The van der Waals surface area contributed by atoms with Crippen LogP contribution in [0.4, 0.5) is 5.69 Å². The second-order valence-corrected chi connectivity index (χ2v) is 8.72. The third-order valence-corrected chi connectivity index (χ3v) is 6.46. The number of nitrogens with zero attached hydrogens (tertiary/aromatic N) is 1. The summed E-state index contributed by atoms with van der Waals surface area (Å²) in [5, 5.41) is 2.10. The van der Waals surface area contributed by atoms with Crippen LogP contribution in [-0.4, -0.2) is 15.9 Å². The van der Waals surface area contributed by atoms with Gasteiger partial charge in [0.05, 0.1) is 10.7 Å². The fraction of sp³-hybridized carbons (Fsp3) is 0.154. The first kappa shape index (κ1) is 18.3. The lowest BCUT2D eigenvalue weighted by Gasteiger charge is -2.19. The second-order valence-electron chi connectivity index (χ2n) is 3.90. The number of halogens is 4. The molecule has 0 unspecified atom stereocenters. The zero-order valence-electron chi connectivity index (χ0n) is 10.4. The largest absolute Gasteiger partial charge is 0.236 e. The Morgan fingerprint density at radius 2 is 1.70 bits per heavy atom. The third-order valence-electron chi connectivity index (χ3n) is 2.14. The highest BCUT2D eigenvalue weighted by atomic mass is 35.5. The van der Waals surface area contributed by atoms with Gasteiger partial charge in [-0.1, -0.05) is 59.6 Å². The molecule has 7 heteroatoms. The van der Waals surface area contributed by atoms with Crippen molar-refractivity contribution in [2.24, 2.45) is 4.99 Å². The molecule has 0 atom stereocenters. The number of hydrogen-bond donors (Lipinski definition) is 2. The van der Waals surface area contributed by atoms with Gasteiger partial charge in [0.15, 0.2) is 0 Å². The van der Waals surface area contributed by atoms with E-state index in [2.05, 4.69) is 30.8 Å². The molecular weight excluding hydrogens is 376 g/mol. The van der Waals surface area contributed by atoms with Gasteiger partial charge in [0.2, 0.25) is 0 Å². The maximum absolute atomic E-state index is 6.08. The monoisotopic (exact) mass is 387 g/mol. The average molecular weight is 389 g/mol. The summed E-state index contributed by atoms with van der Waals surface area (Å²) in [6.45, 7) is 7.39. The quantitative estimate of drug-likeness (QED) is 0.328. The smallest absolute Gasteiger partial charge is 0.108 e. The Bertz CT molecular complexity index is 541.